The molecule has 0 atom stereocenters. The number of rotatable bonds is 12. The lowest BCUT2D eigenvalue weighted by atomic mass is 10.2. The Labute approximate surface area is 201 Å². The van der Waals surface area contributed by atoms with E-state index in [0.29, 0.717) is 12.1 Å². The Morgan fingerprint density at radius 3 is 2.33 bits per heavy atom. The molecule has 0 aliphatic heterocycles. The molecule has 9 heteroatoms. The average Bonchev–Trinajstić information content (AvgIpc) is 3.17. The standard InChI is InChI=1S/C24H34N4O3S2/c1-6-13-26-24-27-22-12-9-20(16-23(22)32-24)31-33(29,30)21-10-7-19(8-11-21)25-14-15-28(17(2)3)18(4)5/h7-12,16-18,25H,6,13-15H2,1-5H3,(H,26,27). The summed E-state index contributed by atoms with van der Waals surface area (Å²) in [5.41, 5.74) is 1.69. The number of hydrogen-bond acceptors (Lipinski definition) is 8. The summed E-state index contributed by atoms with van der Waals surface area (Å²) in [6, 6.07) is 12.7. The SMILES string of the molecule is CCCNc1nc2ccc(OS(=O)(=O)c3ccc(NCCN(C(C)C)C(C)C)cc3)cc2s1. The molecule has 2 aromatic carbocycles. The molecule has 0 bridgehead atoms. The van der Waals surface area contributed by atoms with Gasteiger partial charge in [-0.25, -0.2) is 4.98 Å². The predicted octanol–water partition coefficient (Wildman–Crippen LogP) is 5.42. The van der Waals surface area contributed by atoms with Gasteiger partial charge in [0.25, 0.3) is 0 Å². The highest BCUT2D eigenvalue weighted by atomic mass is 32.2. The van der Waals surface area contributed by atoms with Crippen LogP contribution in [0.15, 0.2) is 47.4 Å². The van der Waals surface area contributed by atoms with E-state index < -0.39 is 10.1 Å². The molecule has 3 aromatic rings. The van der Waals surface area contributed by atoms with Gasteiger partial charge in [0.2, 0.25) is 0 Å². The molecular formula is C24H34N4O3S2. The Morgan fingerprint density at radius 1 is 1.00 bits per heavy atom. The zero-order valence-corrected chi connectivity index (χ0v) is 21.6. The minimum Gasteiger partial charge on any atom is -0.384 e. The predicted molar refractivity (Wildman–Crippen MR) is 138 cm³/mol. The van der Waals surface area contributed by atoms with Gasteiger partial charge in [-0.15, -0.1) is 0 Å². The van der Waals surface area contributed by atoms with Gasteiger partial charge in [-0.3, -0.25) is 4.90 Å². The molecule has 0 amide bonds. The highest BCUT2D eigenvalue weighted by Crippen LogP contribution is 2.30. The van der Waals surface area contributed by atoms with E-state index in [1.165, 1.54) is 11.3 Å². The molecule has 0 saturated carbocycles. The van der Waals surface area contributed by atoms with E-state index in [2.05, 4.69) is 55.1 Å². The largest absolute Gasteiger partial charge is 0.384 e. The summed E-state index contributed by atoms with van der Waals surface area (Å²) in [5, 5.41) is 7.43. The van der Waals surface area contributed by atoms with E-state index in [4.69, 9.17) is 4.18 Å². The molecule has 3 rings (SSSR count). The van der Waals surface area contributed by atoms with Crippen molar-refractivity contribution in [2.45, 2.75) is 58.0 Å². The van der Waals surface area contributed by atoms with Crippen LogP contribution in [0, 0.1) is 0 Å². The van der Waals surface area contributed by atoms with Crippen LogP contribution in [-0.4, -0.2) is 50.0 Å². The molecule has 0 radical (unpaired) electrons. The van der Waals surface area contributed by atoms with Crippen LogP contribution < -0.4 is 14.8 Å². The molecule has 0 aliphatic carbocycles. The number of thiazole rings is 1. The van der Waals surface area contributed by atoms with Crippen LogP contribution in [0.5, 0.6) is 5.75 Å². The van der Waals surface area contributed by atoms with Crippen molar-refractivity contribution in [2.24, 2.45) is 0 Å². The Morgan fingerprint density at radius 2 is 1.70 bits per heavy atom. The summed E-state index contributed by atoms with van der Waals surface area (Å²) in [6.07, 6.45) is 1.01. The summed E-state index contributed by atoms with van der Waals surface area (Å²) in [4.78, 5) is 7.03. The minimum absolute atomic E-state index is 0.119. The first-order valence-electron chi connectivity index (χ1n) is 11.4. The van der Waals surface area contributed by atoms with Gasteiger partial charge in [-0.2, -0.15) is 8.42 Å². The number of benzene rings is 2. The Bertz CT molecular complexity index is 1130. The van der Waals surface area contributed by atoms with Gasteiger partial charge in [0.05, 0.1) is 10.2 Å². The maximum atomic E-state index is 12.8. The molecule has 7 nitrogen and oxygen atoms in total. The first kappa shape index (κ1) is 25.3. The van der Waals surface area contributed by atoms with Crippen molar-refractivity contribution in [1.29, 1.82) is 0 Å². The third-order valence-electron chi connectivity index (χ3n) is 5.26. The maximum absolute atomic E-state index is 12.8. The summed E-state index contributed by atoms with van der Waals surface area (Å²) >= 11 is 1.48. The molecule has 1 heterocycles. The Hall–Kier alpha value is -2.36. The molecule has 0 unspecified atom stereocenters. The molecular weight excluding hydrogens is 456 g/mol. The highest BCUT2D eigenvalue weighted by molar-refractivity contribution is 7.87. The van der Waals surface area contributed by atoms with Crippen molar-refractivity contribution < 1.29 is 12.6 Å². The fourth-order valence-corrected chi connectivity index (χ4v) is 5.46. The number of nitrogens with one attached hydrogen (secondary N) is 2. The quantitative estimate of drug-likeness (QED) is 0.328. The third kappa shape index (κ3) is 6.82. The van der Waals surface area contributed by atoms with Gasteiger partial charge in [-0.1, -0.05) is 18.3 Å². The molecule has 0 aliphatic rings. The van der Waals surface area contributed by atoms with Crippen LogP contribution in [0.2, 0.25) is 0 Å². The minimum atomic E-state index is -3.93. The van der Waals surface area contributed by atoms with Crippen molar-refractivity contribution in [3.05, 3.63) is 42.5 Å². The van der Waals surface area contributed by atoms with Crippen molar-refractivity contribution in [2.75, 3.05) is 30.3 Å². The van der Waals surface area contributed by atoms with E-state index >= 15 is 0 Å². The van der Waals surface area contributed by atoms with Gasteiger partial charge < -0.3 is 14.8 Å². The third-order valence-corrected chi connectivity index (χ3v) is 7.50. The normalized spacial score (nSPS) is 12.1. The van der Waals surface area contributed by atoms with Crippen molar-refractivity contribution in [3.8, 4) is 5.75 Å². The number of fused-ring (bicyclic) bond motifs is 1. The second-order valence-corrected chi connectivity index (χ2v) is 11.1. The van der Waals surface area contributed by atoms with Crippen LogP contribution in [0.1, 0.15) is 41.0 Å². The van der Waals surface area contributed by atoms with Gasteiger partial charge in [-0.05, 0) is 70.5 Å². The fourth-order valence-electron chi connectivity index (χ4n) is 3.62. The number of hydrogen-bond donors (Lipinski definition) is 2. The van der Waals surface area contributed by atoms with Gasteiger partial charge in [0, 0.05) is 43.5 Å². The lowest BCUT2D eigenvalue weighted by Crippen LogP contribution is -2.40. The summed E-state index contributed by atoms with van der Waals surface area (Å²) in [6.45, 7) is 13.4. The summed E-state index contributed by atoms with van der Waals surface area (Å²) in [7, 11) is -3.93. The first-order chi connectivity index (χ1) is 15.7. The van der Waals surface area contributed by atoms with Crippen LogP contribution in [-0.2, 0) is 10.1 Å². The molecule has 180 valence electrons. The lowest BCUT2D eigenvalue weighted by Gasteiger charge is -2.30. The molecule has 33 heavy (non-hydrogen) atoms. The second-order valence-electron chi connectivity index (χ2n) is 8.49. The van der Waals surface area contributed by atoms with Crippen LogP contribution >= 0.6 is 11.3 Å². The average molecular weight is 491 g/mol. The number of aromatic nitrogens is 1. The van der Waals surface area contributed by atoms with E-state index in [9.17, 15) is 8.42 Å². The van der Waals surface area contributed by atoms with Crippen LogP contribution in [0.4, 0.5) is 10.8 Å². The van der Waals surface area contributed by atoms with E-state index in [-0.39, 0.29) is 10.6 Å². The zero-order valence-electron chi connectivity index (χ0n) is 20.0. The fraction of sp³-hybridized carbons (Fsp3) is 0.458. The van der Waals surface area contributed by atoms with E-state index in [1.807, 2.05) is 0 Å². The smallest absolute Gasteiger partial charge is 0.339 e. The van der Waals surface area contributed by atoms with Crippen LogP contribution in [0.3, 0.4) is 0 Å². The first-order valence-corrected chi connectivity index (χ1v) is 13.6. The molecule has 0 saturated heterocycles. The number of nitrogens with zero attached hydrogens (tertiary/aromatic N) is 2. The highest BCUT2D eigenvalue weighted by Gasteiger charge is 2.18. The van der Waals surface area contributed by atoms with Crippen molar-refractivity contribution >= 4 is 42.5 Å². The zero-order chi connectivity index (χ0) is 24.0. The van der Waals surface area contributed by atoms with Gasteiger partial charge in [0.15, 0.2) is 5.13 Å². The molecule has 0 spiro atoms. The monoisotopic (exact) mass is 490 g/mol. The van der Waals surface area contributed by atoms with Gasteiger partial charge in [0.1, 0.15) is 10.6 Å². The molecule has 2 N–H and O–H groups in total. The molecule has 0 fully saturated rings. The van der Waals surface area contributed by atoms with E-state index in [0.717, 1.165) is 47.1 Å². The summed E-state index contributed by atoms with van der Waals surface area (Å²) < 4.78 is 31.8. The number of anilines is 2. The lowest BCUT2D eigenvalue weighted by molar-refractivity contribution is 0.182. The Balaban J connectivity index is 1.63. The topological polar surface area (TPSA) is 83.6 Å². The Kier molecular flexibility index (Phi) is 8.56. The second kappa shape index (κ2) is 11.2. The van der Waals surface area contributed by atoms with Crippen molar-refractivity contribution in [3.63, 3.8) is 0 Å². The summed E-state index contributed by atoms with van der Waals surface area (Å²) in [5.74, 6) is 0.276. The maximum Gasteiger partial charge on any atom is 0.339 e. The van der Waals surface area contributed by atoms with Crippen molar-refractivity contribution in [1.82, 2.24) is 9.88 Å². The molecule has 1 aromatic heterocycles. The van der Waals surface area contributed by atoms with Gasteiger partial charge >= 0.3 is 10.1 Å². The van der Waals surface area contributed by atoms with E-state index in [1.54, 1.807) is 42.5 Å². The van der Waals surface area contributed by atoms with Crippen LogP contribution in [0.25, 0.3) is 10.2 Å².